The van der Waals surface area contributed by atoms with E-state index in [4.69, 9.17) is 5.11 Å². The zero-order valence-electron chi connectivity index (χ0n) is 10.7. The van der Waals surface area contributed by atoms with E-state index in [1.807, 2.05) is 0 Å². The first-order chi connectivity index (χ1) is 9.33. The number of aromatic nitrogens is 1. The van der Waals surface area contributed by atoms with Crippen molar-refractivity contribution in [3.63, 3.8) is 0 Å². The average Bonchev–Trinajstić information content (AvgIpc) is 2.75. The molecule has 0 amide bonds. The molecule has 0 aliphatic heterocycles. The number of pyridine rings is 1. The van der Waals surface area contributed by atoms with Crippen molar-refractivity contribution in [2.75, 3.05) is 4.72 Å². The molecular formula is C12H12N2O4S2. The average molecular weight is 312 g/mol. The lowest BCUT2D eigenvalue weighted by Crippen LogP contribution is -2.17. The minimum atomic E-state index is -3.96. The molecule has 20 heavy (non-hydrogen) atoms. The van der Waals surface area contributed by atoms with Crippen LogP contribution in [0.4, 0.5) is 5.69 Å². The van der Waals surface area contributed by atoms with Gasteiger partial charge in [0.05, 0.1) is 11.9 Å². The quantitative estimate of drug-likeness (QED) is 0.902. The second-order valence-electron chi connectivity index (χ2n) is 4.18. The van der Waals surface area contributed by atoms with E-state index >= 15 is 0 Å². The van der Waals surface area contributed by atoms with E-state index in [2.05, 4.69) is 9.71 Å². The van der Waals surface area contributed by atoms with Gasteiger partial charge in [0.15, 0.2) is 0 Å². The first kappa shape index (κ1) is 14.5. The molecule has 0 saturated carbocycles. The van der Waals surface area contributed by atoms with E-state index in [1.54, 1.807) is 26.1 Å². The Balaban J connectivity index is 2.49. The second kappa shape index (κ2) is 5.22. The predicted molar refractivity (Wildman–Crippen MR) is 75.8 cm³/mol. The SMILES string of the molecule is Cc1ccncc1NS(=O)(=O)c1c(C)csc1C(=O)O. The van der Waals surface area contributed by atoms with Gasteiger partial charge in [-0.05, 0) is 36.4 Å². The Hall–Kier alpha value is -1.93. The summed E-state index contributed by atoms with van der Waals surface area (Å²) in [6.07, 6.45) is 2.93. The van der Waals surface area contributed by atoms with Crippen LogP contribution < -0.4 is 4.72 Å². The number of carbonyl (C=O) groups is 1. The Labute approximate surface area is 120 Å². The first-order valence-corrected chi connectivity index (χ1v) is 7.94. The third kappa shape index (κ3) is 2.66. The largest absolute Gasteiger partial charge is 0.477 e. The zero-order chi connectivity index (χ0) is 14.9. The Morgan fingerprint density at radius 3 is 2.65 bits per heavy atom. The minimum absolute atomic E-state index is 0.196. The number of thiophene rings is 1. The smallest absolute Gasteiger partial charge is 0.347 e. The number of nitrogens with one attached hydrogen (secondary N) is 1. The van der Waals surface area contributed by atoms with Crippen LogP contribution in [0.25, 0.3) is 0 Å². The Morgan fingerprint density at radius 1 is 1.35 bits per heavy atom. The molecule has 2 aromatic heterocycles. The van der Waals surface area contributed by atoms with Gasteiger partial charge in [-0.2, -0.15) is 0 Å². The molecule has 8 heteroatoms. The molecule has 2 heterocycles. The van der Waals surface area contributed by atoms with E-state index < -0.39 is 16.0 Å². The minimum Gasteiger partial charge on any atom is -0.477 e. The van der Waals surface area contributed by atoms with Crippen LogP contribution >= 0.6 is 11.3 Å². The molecule has 6 nitrogen and oxygen atoms in total. The fourth-order valence-electron chi connectivity index (χ4n) is 1.68. The van der Waals surface area contributed by atoms with Crippen molar-refractivity contribution >= 4 is 33.0 Å². The van der Waals surface area contributed by atoms with Gasteiger partial charge in [0.1, 0.15) is 9.77 Å². The van der Waals surface area contributed by atoms with E-state index in [9.17, 15) is 13.2 Å². The van der Waals surface area contributed by atoms with Crippen molar-refractivity contribution in [1.82, 2.24) is 4.98 Å². The molecule has 0 radical (unpaired) electrons. The lowest BCUT2D eigenvalue weighted by molar-refractivity contribution is 0.0698. The van der Waals surface area contributed by atoms with E-state index in [1.165, 1.54) is 11.6 Å². The number of hydrogen-bond acceptors (Lipinski definition) is 5. The molecule has 2 rings (SSSR count). The van der Waals surface area contributed by atoms with Crippen molar-refractivity contribution in [1.29, 1.82) is 0 Å². The van der Waals surface area contributed by atoms with Crippen LogP contribution in [0.15, 0.2) is 28.7 Å². The van der Waals surface area contributed by atoms with Gasteiger partial charge in [-0.15, -0.1) is 11.3 Å². The standard InChI is InChI=1S/C12H12N2O4S2/c1-7-3-4-13-5-9(7)14-20(17,18)11-8(2)6-19-10(11)12(15)16/h3-6,14H,1-2H3,(H,15,16). The third-order valence-corrected chi connectivity index (χ3v) is 5.43. The summed E-state index contributed by atoms with van der Waals surface area (Å²) in [5.74, 6) is -1.26. The summed E-state index contributed by atoms with van der Waals surface area (Å²) < 4.78 is 27.1. The van der Waals surface area contributed by atoms with Gasteiger partial charge in [0, 0.05) is 6.20 Å². The summed E-state index contributed by atoms with van der Waals surface area (Å²) in [6, 6.07) is 1.66. The molecule has 0 atom stereocenters. The summed E-state index contributed by atoms with van der Waals surface area (Å²) in [6.45, 7) is 3.30. The number of nitrogens with zero attached hydrogens (tertiary/aromatic N) is 1. The van der Waals surface area contributed by atoms with Crippen molar-refractivity contribution in [3.8, 4) is 0 Å². The predicted octanol–water partition coefficient (Wildman–Crippen LogP) is 2.26. The van der Waals surface area contributed by atoms with Gasteiger partial charge in [-0.3, -0.25) is 9.71 Å². The molecule has 0 aromatic carbocycles. The normalized spacial score (nSPS) is 11.3. The number of sulfonamides is 1. The molecule has 0 saturated heterocycles. The van der Waals surface area contributed by atoms with E-state index in [0.29, 0.717) is 16.8 Å². The van der Waals surface area contributed by atoms with Crippen molar-refractivity contribution < 1.29 is 18.3 Å². The van der Waals surface area contributed by atoms with Crippen LogP contribution in [0.5, 0.6) is 0 Å². The second-order valence-corrected chi connectivity index (χ2v) is 6.68. The number of hydrogen-bond donors (Lipinski definition) is 2. The van der Waals surface area contributed by atoms with Crippen molar-refractivity contribution in [2.24, 2.45) is 0 Å². The van der Waals surface area contributed by atoms with Crippen LogP contribution in [0.1, 0.15) is 20.8 Å². The highest BCUT2D eigenvalue weighted by atomic mass is 32.2. The summed E-state index contributed by atoms with van der Waals surface area (Å²) in [4.78, 5) is 14.6. The molecule has 2 N–H and O–H groups in total. The lowest BCUT2D eigenvalue weighted by atomic mass is 10.3. The maximum atomic E-state index is 12.4. The summed E-state index contributed by atoms with van der Waals surface area (Å²) >= 11 is 0.892. The maximum absolute atomic E-state index is 12.4. The number of aryl methyl sites for hydroxylation is 2. The Morgan fingerprint density at radius 2 is 2.05 bits per heavy atom. The molecule has 0 bridgehead atoms. The Kier molecular flexibility index (Phi) is 3.78. The number of rotatable bonds is 4. The van der Waals surface area contributed by atoms with Gasteiger partial charge in [0.25, 0.3) is 10.0 Å². The zero-order valence-corrected chi connectivity index (χ0v) is 12.4. The molecule has 0 aliphatic carbocycles. The molecule has 2 aromatic rings. The van der Waals surface area contributed by atoms with Gasteiger partial charge in [-0.25, -0.2) is 13.2 Å². The third-order valence-electron chi connectivity index (χ3n) is 2.66. The lowest BCUT2D eigenvalue weighted by Gasteiger charge is -2.10. The van der Waals surface area contributed by atoms with Crippen molar-refractivity contribution in [3.05, 3.63) is 39.8 Å². The summed E-state index contributed by atoms with van der Waals surface area (Å²) in [5, 5.41) is 10.6. The molecule has 106 valence electrons. The fraction of sp³-hybridized carbons (Fsp3) is 0.167. The van der Waals surface area contributed by atoms with Crippen LogP contribution in [-0.4, -0.2) is 24.5 Å². The van der Waals surface area contributed by atoms with Crippen molar-refractivity contribution in [2.45, 2.75) is 18.7 Å². The van der Waals surface area contributed by atoms with Crippen LogP contribution in [0.3, 0.4) is 0 Å². The monoisotopic (exact) mass is 312 g/mol. The highest BCUT2D eigenvalue weighted by Gasteiger charge is 2.27. The molecular weight excluding hydrogens is 300 g/mol. The number of carboxylic acids is 1. The van der Waals surface area contributed by atoms with Gasteiger partial charge in [0.2, 0.25) is 0 Å². The number of carboxylic acid groups (broad SMARTS) is 1. The molecule has 0 aliphatic rings. The summed E-state index contributed by atoms with van der Waals surface area (Å²) in [7, 11) is -3.96. The number of aromatic carboxylic acids is 1. The molecule has 0 spiro atoms. The Bertz CT molecular complexity index is 766. The first-order valence-electron chi connectivity index (χ1n) is 5.57. The highest BCUT2D eigenvalue weighted by molar-refractivity contribution is 7.93. The highest BCUT2D eigenvalue weighted by Crippen LogP contribution is 2.29. The van der Waals surface area contributed by atoms with Crippen LogP contribution in [0.2, 0.25) is 0 Å². The fourth-order valence-corrected chi connectivity index (χ4v) is 4.43. The summed E-state index contributed by atoms with van der Waals surface area (Å²) in [5.41, 5.74) is 1.43. The number of anilines is 1. The van der Waals surface area contributed by atoms with Gasteiger partial charge in [-0.1, -0.05) is 0 Å². The maximum Gasteiger partial charge on any atom is 0.347 e. The van der Waals surface area contributed by atoms with E-state index in [-0.39, 0.29) is 9.77 Å². The van der Waals surface area contributed by atoms with Gasteiger partial charge < -0.3 is 5.11 Å². The molecule has 0 unspecified atom stereocenters. The van der Waals surface area contributed by atoms with E-state index in [0.717, 1.165) is 11.3 Å². The van der Waals surface area contributed by atoms with Crippen LogP contribution in [-0.2, 0) is 10.0 Å². The van der Waals surface area contributed by atoms with Gasteiger partial charge >= 0.3 is 5.97 Å². The molecule has 0 fully saturated rings. The van der Waals surface area contributed by atoms with Crippen LogP contribution in [0, 0.1) is 13.8 Å². The topological polar surface area (TPSA) is 96.4 Å².